The highest BCUT2D eigenvalue weighted by atomic mass is 32.1. The predicted octanol–water partition coefficient (Wildman–Crippen LogP) is 3.04. The highest BCUT2D eigenvalue weighted by Crippen LogP contribution is 2.37. The highest BCUT2D eigenvalue weighted by Gasteiger charge is 2.31. The molecule has 0 spiro atoms. The molecule has 0 atom stereocenters. The summed E-state index contributed by atoms with van der Waals surface area (Å²) in [6.45, 7) is 5.68. The van der Waals surface area contributed by atoms with Crippen molar-refractivity contribution in [3.63, 3.8) is 0 Å². The van der Waals surface area contributed by atoms with Gasteiger partial charge in [0.25, 0.3) is 0 Å². The molecule has 0 fully saturated rings. The van der Waals surface area contributed by atoms with Gasteiger partial charge in [-0.1, -0.05) is 0 Å². The molecule has 0 unspecified atom stereocenters. The Balaban J connectivity index is 1.51. The van der Waals surface area contributed by atoms with Gasteiger partial charge in [0, 0.05) is 22.8 Å². The van der Waals surface area contributed by atoms with Gasteiger partial charge in [-0.05, 0) is 19.1 Å². The largest absolute Gasteiger partial charge is 0.510 e. The zero-order chi connectivity index (χ0) is 22.3. The van der Waals surface area contributed by atoms with E-state index in [2.05, 4.69) is 4.98 Å². The number of aromatic nitrogens is 1. The molecule has 0 aliphatic carbocycles. The van der Waals surface area contributed by atoms with Crippen LogP contribution in [0.2, 0.25) is 0 Å². The van der Waals surface area contributed by atoms with Gasteiger partial charge in [-0.2, -0.15) is 0 Å². The molecule has 3 heterocycles. The van der Waals surface area contributed by atoms with Gasteiger partial charge in [0.2, 0.25) is 0 Å². The van der Waals surface area contributed by atoms with Crippen LogP contribution in [0.4, 0.5) is 5.69 Å². The molecule has 0 radical (unpaired) electrons. The molecule has 172 valence electrons. The number of aliphatic hydroxyl groups excluding tert-OH is 1. The SMILES string of the molecule is Cc1csc(C2=C(O)CN(c3ccc4c(c3)OCCOCCOCCOCCO4)C2=N)n1. The number of nitrogens with one attached hydrogen (secondary N) is 1. The van der Waals surface area contributed by atoms with Gasteiger partial charge in [-0.25, -0.2) is 4.98 Å². The fourth-order valence-corrected chi connectivity index (χ4v) is 4.22. The minimum absolute atomic E-state index is 0.130. The number of ether oxygens (including phenoxy) is 5. The maximum Gasteiger partial charge on any atom is 0.163 e. The van der Waals surface area contributed by atoms with Crippen molar-refractivity contribution < 1.29 is 28.8 Å². The first-order valence-corrected chi connectivity index (χ1v) is 11.4. The molecule has 2 aliphatic rings. The van der Waals surface area contributed by atoms with Crippen LogP contribution in [0.5, 0.6) is 11.5 Å². The number of hydrogen-bond donors (Lipinski definition) is 2. The van der Waals surface area contributed by atoms with Crippen molar-refractivity contribution in [2.24, 2.45) is 0 Å². The lowest BCUT2D eigenvalue weighted by atomic mass is 10.2. The van der Waals surface area contributed by atoms with Crippen molar-refractivity contribution in [3.05, 3.63) is 40.0 Å². The first-order valence-electron chi connectivity index (χ1n) is 10.5. The lowest BCUT2D eigenvalue weighted by Crippen LogP contribution is -2.26. The van der Waals surface area contributed by atoms with E-state index in [1.54, 1.807) is 4.90 Å². The Morgan fingerprint density at radius 3 is 2.19 bits per heavy atom. The molecule has 1 aromatic heterocycles. The second-order valence-corrected chi connectivity index (χ2v) is 8.07. The van der Waals surface area contributed by atoms with E-state index in [1.807, 2.05) is 30.5 Å². The smallest absolute Gasteiger partial charge is 0.163 e. The molecule has 2 aliphatic heterocycles. The number of nitrogens with zero attached hydrogens (tertiary/aromatic N) is 2. The van der Waals surface area contributed by atoms with E-state index >= 15 is 0 Å². The monoisotopic (exact) mass is 461 g/mol. The zero-order valence-electron chi connectivity index (χ0n) is 18.0. The summed E-state index contributed by atoms with van der Waals surface area (Å²) in [6, 6.07) is 5.47. The third-order valence-corrected chi connectivity index (χ3v) is 5.87. The minimum atomic E-state index is 0.130. The Bertz CT molecular complexity index is 976. The van der Waals surface area contributed by atoms with Crippen molar-refractivity contribution in [1.29, 1.82) is 5.41 Å². The fraction of sp³-hybridized carbons (Fsp3) is 0.455. The number of amidine groups is 1. The Morgan fingerprint density at radius 2 is 1.56 bits per heavy atom. The van der Waals surface area contributed by atoms with Crippen molar-refractivity contribution in [1.82, 2.24) is 4.98 Å². The van der Waals surface area contributed by atoms with Crippen LogP contribution in [0.1, 0.15) is 10.7 Å². The third-order valence-electron chi connectivity index (χ3n) is 4.89. The Morgan fingerprint density at radius 1 is 0.938 bits per heavy atom. The minimum Gasteiger partial charge on any atom is -0.510 e. The topological polar surface area (TPSA) is 106 Å². The summed E-state index contributed by atoms with van der Waals surface area (Å²) in [5, 5.41) is 21.7. The summed E-state index contributed by atoms with van der Waals surface area (Å²) in [4.78, 5) is 6.15. The van der Waals surface area contributed by atoms with Crippen LogP contribution in [0.15, 0.2) is 29.3 Å². The van der Waals surface area contributed by atoms with Gasteiger partial charge in [-0.3, -0.25) is 5.41 Å². The van der Waals surface area contributed by atoms with Gasteiger partial charge in [0.15, 0.2) is 11.5 Å². The van der Waals surface area contributed by atoms with Crippen molar-refractivity contribution in [2.45, 2.75) is 6.92 Å². The van der Waals surface area contributed by atoms with E-state index in [0.29, 0.717) is 74.9 Å². The molecule has 0 saturated heterocycles. The number of fused-ring (bicyclic) bond motifs is 1. The molecule has 10 heteroatoms. The van der Waals surface area contributed by atoms with Gasteiger partial charge in [-0.15, -0.1) is 11.3 Å². The average molecular weight is 462 g/mol. The van der Waals surface area contributed by atoms with E-state index in [-0.39, 0.29) is 18.1 Å². The molecule has 0 saturated carbocycles. The van der Waals surface area contributed by atoms with E-state index < -0.39 is 0 Å². The molecule has 0 bridgehead atoms. The lowest BCUT2D eigenvalue weighted by molar-refractivity contribution is 0.00708. The Kier molecular flexibility index (Phi) is 7.59. The zero-order valence-corrected chi connectivity index (χ0v) is 18.8. The number of thiazole rings is 1. The predicted molar refractivity (Wildman–Crippen MR) is 121 cm³/mol. The fourth-order valence-electron chi connectivity index (χ4n) is 3.35. The molecule has 1 aromatic carbocycles. The average Bonchev–Trinajstić information content (AvgIpc) is 3.33. The summed E-state index contributed by atoms with van der Waals surface area (Å²) in [5.74, 6) is 1.46. The molecule has 2 N–H and O–H groups in total. The van der Waals surface area contributed by atoms with Crippen LogP contribution in [-0.4, -0.2) is 75.3 Å². The van der Waals surface area contributed by atoms with Crippen LogP contribution in [0.3, 0.4) is 0 Å². The lowest BCUT2D eigenvalue weighted by Gasteiger charge is -2.21. The molecular weight excluding hydrogens is 434 g/mol. The maximum absolute atomic E-state index is 10.5. The van der Waals surface area contributed by atoms with Crippen molar-refractivity contribution in [2.75, 3.05) is 64.3 Å². The van der Waals surface area contributed by atoms with E-state index in [0.717, 1.165) is 11.4 Å². The van der Waals surface area contributed by atoms with E-state index in [9.17, 15) is 5.11 Å². The van der Waals surface area contributed by atoms with Crippen LogP contribution < -0.4 is 14.4 Å². The van der Waals surface area contributed by atoms with Crippen LogP contribution >= 0.6 is 11.3 Å². The molecular formula is C22H27N3O6S. The number of aryl methyl sites for hydroxylation is 1. The highest BCUT2D eigenvalue weighted by molar-refractivity contribution is 7.11. The summed E-state index contributed by atoms with van der Waals surface area (Å²) >= 11 is 1.42. The number of benzene rings is 1. The molecule has 32 heavy (non-hydrogen) atoms. The second-order valence-electron chi connectivity index (χ2n) is 7.22. The quantitative estimate of drug-likeness (QED) is 0.703. The third kappa shape index (κ3) is 5.39. The van der Waals surface area contributed by atoms with Crippen molar-refractivity contribution in [3.8, 4) is 11.5 Å². The second kappa shape index (κ2) is 10.8. The van der Waals surface area contributed by atoms with Crippen LogP contribution in [0, 0.1) is 12.3 Å². The van der Waals surface area contributed by atoms with Crippen LogP contribution in [-0.2, 0) is 14.2 Å². The first kappa shape index (κ1) is 22.5. The Hall–Kier alpha value is -2.66. The van der Waals surface area contributed by atoms with Crippen LogP contribution in [0.25, 0.3) is 5.57 Å². The number of hydrogen-bond acceptors (Lipinski definition) is 9. The summed E-state index contributed by atoms with van der Waals surface area (Å²) < 4.78 is 28.2. The normalized spacial score (nSPS) is 19.0. The standard InChI is InChI=1S/C22H27N3O6S/c1-15-14-32-22(24-15)20-17(26)13-25(21(20)23)16-2-3-18-19(12-16)31-11-9-29-7-5-27-4-6-28-8-10-30-18/h2-3,12,14,23,26H,4-11,13H2,1H3. The molecule has 2 aromatic rings. The summed E-state index contributed by atoms with van der Waals surface area (Å²) in [6.07, 6.45) is 0. The van der Waals surface area contributed by atoms with Gasteiger partial charge >= 0.3 is 0 Å². The molecule has 0 amide bonds. The van der Waals surface area contributed by atoms with Gasteiger partial charge < -0.3 is 33.7 Å². The van der Waals surface area contributed by atoms with E-state index in [4.69, 9.17) is 29.1 Å². The summed E-state index contributed by atoms with van der Waals surface area (Å²) in [5.41, 5.74) is 2.04. The van der Waals surface area contributed by atoms with Crippen molar-refractivity contribution >= 4 is 28.4 Å². The number of aliphatic hydroxyl groups is 1. The Labute approximate surface area is 190 Å². The van der Waals surface area contributed by atoms with Gasteiger partial charge in [0.1, 0.15) is 29.8 Å². The molecule has 9 nitrogen and oxygen atoms in total. The first-order chi connectivity index (χ1) is 15.6. The maximum atomic E-state index is 10.5. The van der Waals surface area contributed by atoms with E-state index in [1.165, 1.54) is 11.3 Å². The van der Waals surface area contributed by atoms with Gasteiger partial charge in [0.05, 0.1) is 51.8 Å². The summed E-state index contributed by atoms with van der Waals surface area (Å²) in [7, 11) is 0. The number of anilines is 1. The number of rotatable bonds is 2. The molecule has 4 rings (SSSR count).